The first-order valence-corrected chi connectivity index (χ1v) is 10.6. The Morgan fingerprint density at radius 1 is 1.26 bits per heavy atom. The minimum atomic E-state index is -3.50. The van der Waals surface area contributed by atoms with Gasteiger partial charge in [-0.15, -0.1) is 11.3 Å². The number of rotatable bonds is 6. The Morgan fingerprint density at radius 3 is 2.67 bits per heavy atom. The van der Waals surface area contributed by atoms with E-state index in [2.05, 4.69) is 10.0 Å². The molecule has 1 aliphatic rings. The van der Waals surface area contributed by atoms with Crippen LogP contribution in [0.25, 0.3) is 0 Å². The Balaban J connectivity index is 1.64. The Bertz CT molecular complexity index is 924. The molecule has 0 aliphatic carbocycles. The first kappa shape index (κ1) is 19.7. The first-order chi connectivity index (χ1) is 12.9. The lowest BCUT2D eigenvalue weighted by molar-refractivity contribution is 0.0950. The maximum absolute atomic E-state index is 14.4. The summed E-state index contributed by atoms with van der Waals surface area (Å²) in [5.41, 5.74) is 0.666. The lowest BCUT2D eigenvalue weighted by Crippen LogP contribution is -2.36. The average molecular weight is 413 g/mol. The van der Waals surface area contributed by atoms with E-state index < -0.39 is 21.7 Å². The maximum atomic E-state index is 14.4. The van der Waals surface area contributed by atoms with Crippen molar-refractivity contribution in [2.75, 3.05) is 38.3 Å². The number of benzene rings is 1. The van der Waals surface area contributed by atoms with Gasteiger partial charge in [0.2, 0.25) is 10.0 Å². The summed E-state index contributed by atoms with van der Waals surface area (Å²) in [7, 11) is -2.16. The molecule has 1 saturated heterocycles. The molecule has 7 nitrogen and oxygen atoms in total. The van der Waals surface area contributed by atoms with E-state index in [-0.39, 0.29) is 16.3 Å². The molecule has 27 heavy (non-hydrogen) atoms. The van der Waals surface area contributed by atoms with E-state index in [0.29, 0.717) is 36.9 Å². The van der Waals surface area contributed by atoms with E-state index in [0.717, 1.165) is 11.3 Å². The van der Waals surface area contributed by atoms with Gasteiger partial charge in [0, 0.05) is 23.5 Å². The van der Waals surface area contributed by atoms with Gasteiger partial charge in [-0.1, -0.05) is 0 Å². The Kier molecular flexibility index (Phi) is 6.10. The predicted octanol–water partition coefficient (Wildman–Crippen LogP) is 1.56. The minimum Gasteiger partial charge on any atom is -0.378 e. The zero-order valence-corrected chi connectivity index (χ0v) is 16.3. The molecule has 0 atom stereocenters. The van der Waals surface area contributed by atoms with Gasteiger partial charge in [-0.25, -0.2) is 17.5 Å². The third kappa shape index (κ3) is 4.64. The molecule has 1 amide bonds. The number of anilines is 1. The molecule has 2 heterocycles. The molecule has 2 aromatic rings. The van der Waals surface area contributed by atoms with Crippen molar-refractivity contribution in [3.8, 4) is 0 Å². The predicted molar refractivity (Wildman–Crippen MR) is 101 cm³/mol. The van der Waals surface area contributed by atoms with Crippen LogP contribution in [0.3, 0.4) is 0 Å². The Labute approximate surface area is 161 Å². The second-order valence-electron chi connectivity index (χ2n) is 5.88. The zero-order chi connectivity index (χ0) is 19.4. The van der Waals surface area contributed by atoms with Gasteiger partial charge in [-0.3, -0.25) is 4.79 Å². The summed E-state index contributed by atoms with van der Waals surface area (Å²) in [5, 5.41) is 2.68. The highest BCUT2D eigenvalue weighted by Crippen LogP contribution is 2.23. The topological polar surface area (TPSA) is 87.7 Å². The molecule has 0 bridgehead atoms. The van der Waals surface area contributed by atoms with Gasteiger partial charge in [-0.2, -0.15) is 0 Å². The highest BCUT2D eigenvalue weighted by Gasteiger charge is 2.18. The molecular weight excluding hydrogens is 393 g/mol. The summed E-state index contributed by atoms with van der Waals surface area (Å²) in [6.45, 7) is 2.48. The number of thiophene rings is 1. The number of halogens is 1. The summed E-state index contributed by atoms with van der Waals surface area (Å²) >= 11 is 1.07. The number of hydrogen-bond donors (Lipinski definition) is 2. The van der Waals surface area contributed by atoms with E-state index >= 15 is 0 Å². The molecule has 1 fully saturated rings. The van der Waals surface area contributed by atoms with Gasteiger partial charge < -0.3 is 15.0 Å². The third-order valence-electron chi connectivity index (χ3n) is 4.16. The summed E-state index contributed by atoms with van der Waals surface area (Å²) in [6.07, 6.45) is 0. The number of sulfonamides is 1. The van der Waals surface area contributed by atoms with Crippen LogP contribution in [0.4, 0.5) is 10.1 Å². The standard InChI is InChI=1S/C17H20FN3O4S2/c1-19-27(23,24)16-5-3-13(26-16)11-20-17(22)12-2-4-15(14(18)10-12)21-6-8-25-9-7-21/h2-5,10,19H,6-9,11H2,1H3,(H,20,22). The molecule has 146 valence electrons. The fraction of sp³-hybridized carbons (Fsp3) is 0.353. The van der Waals surface area contributed by atoms with E-state index in [4.69, 9.17) is 4.74 Å². The van der Waals surface area contributed by atoms with E-state index in [1.165, 1.54) is 19.2 Å². The molecule has 0 spiro atoms. The summed E-state index contributed by atoms with van der Waals surface area (Å²) in [5.74, 6) is -0.878. The number of ether oxygens (including phenoxy) is 1. The zero-order valence-electron chi connectivity index (χ0n) is 14.7. The van der Waals surface area contributed by atoms with Crippen molar-refractivity contribution >= 4 is 33.0 Å². The van der Waals surface area contributed by atoms with Crippen LogP contribution in [0, 0.1) is 5.82 Å². The molecule has 2 N–H and O–H groups in total. The summed E-state index contributed by atoms with van der Waals surface area (Å²) in [6, 6.07) is 7.50. The van der Waals surface area contributed by atoms with Crippen LogP contribution in [-0.2, 0) is 21.3 Å². The highest BCUT2D eigenvalue weighted by molar-refractivity contribution is 7.91. The molecule has 0 radical (unpaired) electrons. The molecule has 0 saturated carbocycles. The van der Waals surface area contributed by atoms with Crippen molar-refractivity contribution in [3.63, 3.8) is 0 Å². The average Bonchev–Trinajstić information content (AvgIpc) is 3.16. The molecule has 1 aromatic heterocycles. The number of amides is 1. The Hall–Kier alpha value is -2.01. The van der Waals surface area contributed by atoms with Crippen LogP contribution in [0.1, 0.15) is 15.2 Å². The number of hydrogen-bond acceptors (Lipinski definition) is 6. The quantitative estimate of drug-likeness (QED) is 0.751. The van der Waals surface area contributed by atoms with Gasteiger partial charge in [0.25, 0.3) is 5.91 Å². The largest absolute Gasteiger partial charge is 0.378 e. The fourth-order valence-electron chi connectivity index (χ4n) is 2.68. The molecule has 10 heteroatoms. The number of morpholine rings is 1. The lowest BCUT2D eigenvalue weighted by atomic mass is 10.1. The minimum absolute atomic E-state index is 0.162. The highest BCUT2D eigenvalue weighted by atomic mass is 32.2. The normalized spacial score (nSPS) is 15.0. The second kappa shape index (κ2) is 8.34. The van der Waals surface area contributed by atoms with Crippen LogP contribution < -0.4 is 14.9 Å². The van der Waals surface area contributed by atoms with Crippen molar-refractivity contribution in [1.82, 2.24) is 10.0 Å². The van der Waals surface area contributed by atoms with Gasteiger partial charge >= 0.3 is 0 Å². The van der Waals surface area contributed by atoms with E-state index in [1.807, 2.05) is 4.90 Å². The van der Waals surface area contributed by atoms with Crippen LogP contribution in [-0.4, -0.2) is 47.7 Å². The molecule has 1 aliphatic heterocycles. The van der Waals surface area contributed by atoms with Crippen molar-refractivity contribution < 1.29 is 22.3 Å². The van der Waals surface area contributed by atoms with Crippen molar-refractivity contribution in [3.05, 3.63) is 46.6 Å². The van der Waals surface area contributed by atoms with Crippen molar-refractivity contribution in [1.29, 1.82) is 0 Å². The van der Waals surface area contributed by atoms with Crippen molar-refractivity contribution in [2.24, 2.45) is 0 Å². The Morgan fingerprint density at radius 2 is 2.00 bits per heavy atom. The maximum Gasteiger partial charge on any atom is 0.251 e. The van der Waals surface area contributed by atoms with E-state index in [1.54, 1.807) is 18.2 Å². The molecular formula is C17H20FN3O4S2. The van der Waals surface area contributed by atoms with E-state index in [9.17, 15) is 17.6 Å². The smallest absolute Gasteiger partial charge is 0.251 e. The summed E-state index contributed by atoms with van der Waals surface area (Å²) in [4.78, 5) is 14.8. The van der Waals surface area contributed by atoms with Gasteiger partial charge in [0.1, 0.15) is 10.0 Å². The first-order valence-electron chi connectivity index (χ1n) is 8.33. The van der Waals surface area contributed by atoms with Gasteiger partial charge in [-0.05, 0) is 37.4 Å². The monoisotopic (exact) mass is 413 g/mol. The molecule has 1 aromatic carbocycles. The second-order valence-corrected chi connectivity index (χ2v) is 9.16. The molecule has 0 unspecified atom stereocenters. The van der Waals surface area contributed by atoms with Gasteiger partial charge in [0.15, 0.2) is 0 Å². The number of nitrogens with zero attached hydrogens (tertiary/aromatic N) is 1. The van der Waals surface area contributed by atoms with Crippen molar-refractivity contribution in [2.45, 2.75) is 10.8 Å². The third-order valence-corrected chi connectivity index (χ3v) is 7.15. The fourth-order valence-corrected chi connectivity index (χ4v) is 4.81. The summed E-state index contributed by atoms with van der Waals surface area (Å²) < 4.78 is 45.5. The van der Waals surface area contributed by atoms with Crippen LogP contribution in [0.15, 0.2) is 34.5 Å². The van der Waals surface area contributed by atoms with Crippen LogP contribution >= 0.6 is 11.3 Å². The number of carbonyl (C=O) groups is 1. The van der Waals surface area contributed by atoms with Crippen LogP contribution in [0.2, 0.25) is 0 Å². The SMILES string of the molecule is CNS(=O)(=O)c1ccc(CNC(=O)c2ccc(N3CCOCC3)c(F)c2)s1. The number of carbonyl (C=O) groups excluding carboxylic acids is 1. The molecule has 3 rings (SSSR count). The van der Waals surface area contributed by atoms with Gasteiger partial charge in [0.05, 0.1) is 25.4 Å². The number of nitrogens with one attached hydrogen (secondary N) is 2. The lowest BCUT2D eigenvalue weighted by Gasteiger charge is -2.29. The van der Waals surface area contributed by atoms with Crippen LogP contribution in [0.5, 0.6) is 0 Å².